The van der Waals surface area contributed by atoms with Gasteiger partial charge in [0.05, 0.1) is 6.20 Å². The van der Waals surface area contributed by atoms with E-state index in [4.69, 9.17) is 0 Å². The number of halogens is 1. The highest BCUT2D eigenvalue weighted by molar-refractivity contribution is 9.10. The van der Waals surface area contributed by atoms with E-state index in [1.807, 2.05) is 10.9 Å². The number of rotatable bonds is 6. The molecule has 0 aliphatic rings. The van der Waals surface area contributed by atoms with Gasteiger partial charge < -0.3 is 5.32 Å². The Morgan fingerprint density at radius 3 is 2.80 bits per heavy atom. The second kappa shape index (κ2) is 7.04. The quantitative estimate of drug-likeness (QED) is 0.868. The van der Waals surface area contributed by atoms with E-state index in [2.05, 4.69) is 71.5 Å². The molecule has 2 rings (SSSR count). The van der Waals surface area contributed by atoms with Crippen molar-refractivity contribution in [3.05, 3.63) is 51.8 Å². The van der Waals surface area contributed by atoms with Gasteiger partial charge in [-0.25, -0.2) is 0 Å². The summed E-state index contributed by atoms with van der Waals surface area (Å²) in [5.41, 5.74) is 3.95. The summed E-state index contributed by atoms with van der Waals surface area (Å²) in [5, 5.41) is 7.95. The van der Waals surface area contributed by atoms with Gasteiger partial charge in [-0.3, -0.25) is 4.68 Å². The van der Waals surface area contributed by atoms with Gasteiger partial charge in [-0.15, -0.1) is 0 Å². The molecule has 4 heteroatoms. The molecule has 0 amide bonds. The lowest BCUT2D eigenvalue weighted by Crippen LogP contribution is -2.23. The lowest BCUT2D eigenvalue weighted by molar-refractivity contribution is 0.546. The van der Waals surface area contributed by atoms with Crippen LogP contribution >= 0.6 is 15.9 Å². The Morgan fingerprint density at radius 2 is 2.15 bits per heavy atom. The second-order valence-corrected chi connectivity index (χ2v) is 5.94. The maximum Gasteiger partial charge on any atom is 0.0522 e. The van der Waals surface area contributed by atoms with Crippen molar-refractivity contribution in [3.63, 3.8) is 0 Å². The van der Waals surface area contributed by atoms with Crippen LogP contribution in [0, 0.1) is 6.92 Å². The highest BCUT2D eigenvalue weighted by Gasteiger charge is 2.15. The van der Waals surface area contributed by atoms with Crippen LogP contribution in [0.2, 0.25) is 0 Å². The molecule has 0 radical (unpaired) electrons. The predicted molar refractivity (Wildman–Crippen MR) is 86.9 cm³/mol. The molecule has 0 fully saturated rings. The Balaban J connectivity index is 2.23. The second-order valence-electron chi connectivity index (χ2n) is 5.02. The van der Waals surface area contributed by atoms with Crippen molar-refractivity contribution in [1.29, 1.82) is 0 Å². The lowest BCUT2D eigenvalue weighted by atomic mass is 9.96. The molecule has 1 aromatic heterocycles. The number of aryl methyl sites for hydroxylation is 2. The average molecular weight is 336 g/mol. The Bertz CT molecular complexity index is 563. The van der Waals surface area contributed by atoms with Crippen LogP contribution < -0.4 is 5.32 Å². The van der Waals surface area contributed by atoms with Gasteiger partial charge in [-0.1, -0.05) is 28.9 Å². The minimum Gasteiger partial charge on any atom is -0.310 e. The summed E-state index contributed by atoms with van der Waals surface area (Å²) in [7, 11) is 0. The summed E-state index contributed by atoms with van der Waals surface area (Å²) in [6.07, 6.45) is 5.07. The number of benzene rings is 1. The van der Waals surface area contributed by atoms with Gasteiger partial charge in [0, 0.05) is 23.3 Å². The van der Waals surface area contributed by atoms with Gasteiger partial charge in [0.25, 0.3) is 0 Å². The zero-order valence-corrected chi connectivity index (χ0v) is 13.9. The highest BCUT2D eigenvalue weighted by atomic mass is 79.9. The molecule has 1 unspecified atom stereocenters. The zero-order chi connectivity index (χ0) is 14.5. The van der Waals surface area contributed by atoms with Crippen LogP contribution in [0.4, 0.5) is 0 Å². The lowest BCUT2D eigenvalue weighted by Gasteiger charge is -2.20. The third-order valence-corrected chi connectivity index (χ3v) is 4.01. The Labute approximate surface area is 129 Å². The van der Waals surface area contributed by atoms with Crippen LogP contribution in [-0.4, -0.2) is 16.3 Å². The van der Waals surface area contributed by atoms with Crippen LogP contribution in [0.15, 0.2) is 35.1 Å². The molecule has 1 N–H and O–H groups in total. The fourth-order valence-electron chi connectivity index (χ4n) is 2.45. The third-order valence-electron chi connectivity index (χ3n) is 3.52. The first-order valence-electron chi connectivity index (χ1n) is 7.14. The van der Waals surface area contributed by atoms with E-state index >= 15 is 0 Å². The van der Waals surface area contributed by atoms with Gasteiger partial charge in [0.1, 0.15) is 0 Å². The molecule has 0 saturated heterocycles. The van der Waals surface area contributed by atoms with Gasteiger partial charge >= 0.3 is 0 Å². The SMILES string of the molecule is CCNC(Cc1cnn(CC)c1)c1cc(Br)ccc1C. The molecule has 0 saturated carbocycles. The van der Waals surface area contributed by atoms with Crippen LogP contribution in [0.3, 0.4) is 0 Å². The van der Waals surface area contributed by atoms with Crippen molar-refractivity contribution >= 4 is 15.9 Å². The molecule has 1 atom stereocenters. The first-order valence-corrected chi connectivity index (χ1v) is 7.94. The van der Waals surface area contributed by atoms with E-state index in [0.717, 1.165) is 24.0 Å². The Kier molecular flexibility index (Phi) is 5.38. The molecule has 20 heavy (non-hydrogen) atoms. The monoisotopic (exact) mass is 335 g/mol. The average Bonchev–Trinajstić information content (AvgIpc) is 2.89. The normalized spacial score (nSPS) is 12.6. The first-order chi connectivity index (χ1) is 9.63. The van der Waals surface area contributed by atoms with Gasteiger partial charge in [-0.2, -0.15) is 5.10 Å². The molecular formula is C16H22BrN3. The molecule has 0 bridgehead atoms. The molecule has 3 nitrogen and oxygen atoms in total. The minimum atomic E-state index is 0.326. The van der Waals surface area contributed by atoms with Crippen molar-refractivity contribution in [2.45, 2.75) is 39.8 Å². The zero-order valence-electron chi connectivity index (χ0n) is 12.4. The van der Waals surface area contributed by atoms with E-state index in [9.17, 15) is 0 Å². The van der Waals surface area contributed by atoms with Crippen LogP contribution in [-0.2, 0) is 13.0 Å². The summed E-state index contributed by atoms with van der Waals surface area (Å²) < 4.78 is 3.11. The predicted octanol–water partition coefficient (Wildman–Crippen LogP) is 3.87. The largest absolute Gasteiger partial charge is 0.310 e. The molecule has 0 spiro atoms. The van der Waals surface area contributed by atoms with Crippen molar-refractivity contribution in [2.75, 3.05) is 6.54 Å². The van der Waals surface area contributed by atoms with E-state index in [-0.39, 0.29) is 0 Å². The summed E-state index contributed by atoms with van der Waals surface area (Å²) in [6.45, 7) is 8.30. The van der Waals surface area contributed by atoms with Crippen molar-refractivity contribution in [2.24, 2.45) is 0 Å². The number of nitrogens with one attached hydrogen (secondary N) is 1. The Morgan fingerprint density at radius 1 is 1.35 bits per heavy atom. The standard InChI is InChI=1S/C16H22BrN3/c1-4-18-16(8-13-10-19-20(5-2)11-13)15-9-14(17)7-6-12(15)3/h6-7,9-11,16,18H,4-5,8H2,1-3H3. The van der Waals surface area contributed by atoms with Crippen molar-refractivity contribution < 1.29 is 0 Å². The number of aromatic nitrogens is 2. The maximum atomic E-state index is 4.36. The van der Waals surface area contributed by atoms with Gasteiger partial charge in [0.15, 0.2) is 0 Å². The smallest absolute Gasteiger partial charge is 0.0522 e. The van der Waals surface area contributed by atoms with Crippen LogP contribution in [0.1, 0.15) is 36.6 Å². The van der Waals surface area contributed by atoms with Crippen LogP contribution in [0.25, 0.3) is 0 Å². The highest BCUT2D eigenvalue weighted by Crippen LogP contribution is 2.25. The molecule has 1 aromatic carbocycles. The fourth-order valence-corrected chi connectivity index (χ4v) is 2.82. The molecular weight excluding hydrogens is 314 g/mol. The maximum absolute atomic E-state index is 4.36. The number of nitrogens with zero attached hydrogens (tertiary/aromatic N) is 2. The summed E-state index contributed by atoms with van der Waals surface area (Å²) in [5.74, 6) is 0. The van der Waals surface area contributed by atoms with E-state index in [1.54, 1.807) is 0 Å². The number of hydrogen-bond donors (Lipinski definition) is 1. The Hall–Kier alpha value is -1.13. The topological polar surface area (TPSA) is 29.9 Å². The van der Waals surface area contributed by atoms with E-state index in [0.29, 0.717) is 6.04 Å². The van der Waals surface area contributed by atoms with Gasteiger partial charge in [-0.05, 0) is 55.6 Å². The van der Waals surface area contributed by atoms with Crippen molar-refractivity contribution in [1.82, 2.24) is 15.1 Å². The summed E-state index contributed by atoms with van der Waals surface area (Å²) >= 11 is 3.57. The third kappa shape index (κ3) is 3.70. The van der Waals surface area contributed by atoms with E-state index < -0.39 is 0 Å². The van der Waals surface area contributed by atoms with E-state index in [1.165, 1.54) is 16.7 Å². The molecule has 1 heterocycles. The number of hydrogen-bond acceptors (Lipinski definition) is 2. The fraction of sp³-hybridized carbons (Fsp3) is 0.438. The van der Waals surface area contributed by atoms with Crippen molar-refractivity contribution in [3.8, 4) is 0 Å². The molecule has 0 aliphatic heterocycles. The van der Waals surface area contributed by atoms with Crippen LogP contribution in [0.5, 0.6) is 0 Å². The molecule has 0 aliphatic carbocycles. The summed E-state index contributed by atoms with van der Waals surface area (Å²) in [4.78, 5) is 0. The molecule has 108 valence electrons. The first kappa shape index (κ1) is 15.3. The summed E-state index contributed by atoms with van der Waals surface area (Å²) in [6, 6.07) is 6.80. The minimum absolute atomic E-state index is 0.326. The molecule has 2 aromatic rings. The van der Waals surface area contributed by atoms with Gasteiger partial charge in [0.2, 0.25) is 0 Å². The number of likely N-dealkylation sites (N-methyl/N-ethyl adjacent to an activating group) is 1.